The molecule has 0 saturated carbocycles. The van der Waals surface area contributed by atoms with Gasteiger partial charge in [-0.3, -0.25) is 4.79 Å². The summed E-state index contributed by atoms with van der Waals surface area (Å²) < 4.78 is 5.43. The third-order valence-electron chi connectivity index (χ3n) is 2.35. The summed E-state index contributed by atoms with van der Waals surface area (Å²) in [6.45, 7) is 4.43. The Morgan fingerprint density at radius 3 is 2.93 bits per heavy atom. The summed E-state index contributed by atoms with van der Waals surface area (Å²) in [6, 6.07) is 7.36. The summed E-state index contributed by atoms with van der Waals surface area (Å²) >= 11 is 0. The number of fused-ring (bicyclic) bond motifs is 1. The molecule has 0 spiro atoms. The van der Waals surface area contributed by atoms with Crippen LogP contribution >= 0.6 is 0 Å². The van der Waals surface area contributed by atoms with E-state index in [1.165, 1.54) is 6.07 Å². The first-order chi connectivity index (χ1) is 7.22. The molecule has 0 aliphatic carbocycles. The van der Waals surface area contributed by atoms with Gasteiger partial charge < -0.3 is 9.72 Å². The quantitative estimate of drug-likeness (QED) is 0.813. The van der Waals surface area contributed by atoms with E-state index in [0.29, 0.717) is 12.4 Å². The summed E-state index contributed by atoms with van der Waals surface area (Å²) in [5.41, 5.74) is 1.78. The average Bonchev–Trinajstić information content (AvgIpc) is 2.20. The van der Waals surface area contributed by atoms with Crippen molar-refractivity contribution >= 4 is 10.9 Å². The first-order valence-electron chi connectivity index (χ1n) is 4.98. The van der Waals surface area contributed by atoms with Crippen LogP contribution in [0, 0.1) is 6.92 Å². The zero-order valence-corrected chi connectivity index (χ0v) is 8.83. The summed E-state index contributed by atoms with van der Waals surface area (Å²) in [7, 11) is 0. The molecule has 0 bridgehead atoms. The van der Waals surface area contributed by atoms with Crippen molar-refractivity contribution in [2.24, 2.45) is 0 Å². The van der Waals surface area contributed by atoms with Gasteiger partial charge in [-0.25, -0.2) is 0 Å². The molecule has 0 aliphatic rings. The number of para-hydroxylation sites is 1. The first-order valence-corrected chi connectivity index (χ1v) is 4.98. The van der Waals surface area contributed by atoms with Crippen LogP contribution in [0.15, 0.2) is 29.1 Å². The topological polar surface area (TPSA) is 42.1 Å². The number of aromatic amines is 1. The molecule has 0 saturated heterocycles. The molecule has 2 aromatic rings. The highest BCUT2D eigenvalue weighted by molar-refractivity contribution is 5.87. The molecule has 0 atom stereocenters. The molecule has 0 unspecified atom stereocenters. The Hall–Kier alpha value is -1.77. The Morgan fingerprint density at radius 1 is 1.40 bits per heavy atom. The van der Waals surface area contributed by atoms with Crippen LogP contribution in [0.25, 0.3) is 10.9 Å². The van der Waals surface area contributed by atoms with Gasteiger partial charge in [0, 0.05) is 11.5 Å². The molecule has 1 aromatic carbocycles. The maximum atomic E-state index is 11.4. The van der Waals surface area contributed by atoms with Crippen molar-refractivity contribution in [1.29, 1.82) is 0 Å². The molecular formula is C12H13NO2. The Bertz CT molecular complexity index is 543. The van der Waals surface area contributed by atoms with E-state index < -0.39 is 0 Å². The third-order valence-corrected chi connectivity index (χ3v) is 2.35. The number of benzene rings is 1. The van der Waals surface area contributed by atoms with E-state index in [1.807, 2.05) is 32.0 Å². The van der Waals surface area contributed by atoms with Gasteiger partial charge in [-0.15, -0.1) is 0 Å². The Kier molecular flexibility index (Phi) is 2.46. The van der Waals surface area contributed by atoms with Crippen molar-refractivity contribution < 1.29 is 4.74 Å². The lowest BCUT2D eigenvalue weighted by Gasteiger charge is -2.07. The molecule has 0 aliphatic heterocycles. The number of aromatic nitrogens is 1. The predicted molar refractivity (Wildman–Crippen MR) is 60.5 cm³/mol. The largest absolute Gasteiger partial charge is 0.493 e. The predicted octanol–water partition coefficient (Wildman–Crippen LogP) is 2.24. The minimum absolute atomic E-state index is 0.125. The van der Waals surface area contributed by atoms with Crippen LogP contribution in [0.3, 0.4) is 0 Å². The first kappa shape index (κ1) is 9.77. The van der Waals surface area contributed by atoms with E-state index >= 15 is 0 Å². The fraction of sp³-hybridized carbons (Fsp3) is 0.250. The highest BCUT2D eigenvalue weighted by atomic mass is 16.5. The van der Waals surface area contributed by atoms with Crippen molar-refractivity contribution in [1.82, 2.24) is 4.98 Å². The second kappa shape index (κ2) is 3.77. The number of ether oxygens (including phenoxy) is 1. The van der Waals surface area contributed by atoms with Gasteiger partial charge in [0.2, 0.25) is 0 Å². The molecule has 3 nitrogen and oxygen atoms in total. The fourth-order valence-electron chi connectivity index (χ4n) is 1.67. The minimum Gasteiger partial charge on any atom is -0.493 e. The number of nitrogens with one attached hydrogen (secondary N) is 1. The van der Waals surface area contributed by atoms with Gasteiger partial charge in [-0.2, -0.15) is 0 Å². The second-order valence-corrected chi connectivity index (χ2v) is 3.43. The molecular weight excluding hydrogens is 190 g/mol. The van der Waals surface area contributed by atoms with E-state index in [9.17, 15) is 4.79 Å². The lowest BCUT2D eigenvalue weighted by Crippen LogP contribution is -2.07. The molecule has 15 heavy (non-hydrogen) atoms. The molecule has 1 N–H and O–H groups in total. The summed E-state index contributed by atoms with van der Waals surface area (Å²) in [5, 5.41) is 0.955. The molecule has 2 rings (SSSR count). The standard InChI is InChI=1S/C12H13NO2/c1-3-15-10-7-11(14)13-12-8(2)5-4-6-9(10)12/h4-7H,3H2,1-2H3,(H,13,14). The van der Waals surface area contributed by atoms with Gasteiger partial charge in [-0.1, -0.05) is 12.1 Å². The van der Waals surface area contributed by atoms with Crippen molar-refractivity contribution in [3.63, 3.8) is 0 Å². The van der Waals surface area contributed by atoms with E-state index in [2.05, 4.69) is 4.98 Å². The summed E-state index contributed by atoms with van der Waals surface area (Å²) in [5.74, 6) is 0.653. The second-order valence-electron chi connectivity index (χ2n) is 3.43. The number of H-pyrrole nitrogens is 1. The van der Waals surface area contributed by atoms with Crippen molar-refractivity contribution in [2.75, 3.05) is 6.61 Å². The fourth-order valence-corrected chi connectivity index (χ4v) is 1.67. The molecule has 78 valence electrons. The van der Waals surface area contributed by atoms with Crippen LogP contribution in [0.5, 0.6) is 5.75 Å². The van der Waals surface area contributed by atoms with E-state index in [1.54, 1.807) is 0 Å². The van der Waals surface area contributed by atoms with Crippen molar-refractivity contribution in [3.05, 3.63) is 40.2 Å². The minimum atomic E-state index is -0.125. The molecule has 0 amide bonds. The lowest BCUT2D eigenvalue weighted by molar-refractivity contribution is 0.344. The molecule has 0 radical (unpaired) electrons. The Balaban J connectivity index is 2.80. The zero-order chi connectivity index (χ0) is 10.8. The average molecular weight is 203 g/mol. The number of rotatable bonds is 2. The number of aryl methyl sites for hydroxylation is 1. The smallest absolute Gasteiger partial charge is 0.252 e. The maximum absolute atomic E-state index is 11.4. The van der Waals surface area contributed by atoms with E-state index in [4.69, 9.17) is 4.74 Å². The van der Waals surface area contributed by atoms with Gasteiger partial charge in [0.15, 0.2) is 0 Å². The van der Waals surface area contributed by atoms with Gasteiger partial charge in [0.25, 0.3) is 5.56 Å². The number of hydrogen-bond acceptors (Lipinski definition) is 2. The van der Waals surface area contributed by atoms with Crippen LogP contribution in [0.1, 0.15) is 12.5 Å². The SMILES string of the molecule is CCOc1cc(=O)[nH]c2c(C)cccc12. The Labute approximate surface area is 87.7 Å². The third kappa shape index (κ3) is 1.73. The summed E-state index contributed by atoms with van der Waals surface area (Å²) in [6.07, 6.45) is 0. The molecule has 3 heteroatoms. The number of hydrogen-bond donors (Lipinski definition) is 1. The van der Waals surface area contributed by atoms with Gasteiger partial charge in [0.1, 0.15) is 5.75 Å². The van der Waals surface area contributed by atoms with Crippen molar-refractivity contribution in [2.45, 2.75) is 13.8 Å². The van der Waals surface area contributed by atoms with E-state index in [0.717, 1.165) is 16.5 Å². The van der Waals surface area contributed by atoms with Gasteiger partial charge >= 0.3 is 0 Å². The number of pyridine rings is 1. The van der Waals surface area contributed by atoms with Crippen LogP contribution in [0.2, 0.25) is 0 Å². The van der Waals surface area contributed by atoms with Crippen LogP contribution in [-0.2, 0) is 0 Å². The highest BCUT2D eigenvalue weighted by Gasteiger charge is 2.05. The van der Waals surface area contributed by atoms with Crippen LogP contribution < -0.4 is 10.3 Å². The highest BCUT2D eigenvalue weighted by Crippen LogP contribution is 2.23. The maximum Gasteiger partial charge on any atom is 0.252 e. The van der Waals surface area contributed by atoms with Gasteiger partial charge in [-0.05, 0) is 25.5 Å². The molecule has 0 fully saturated rings. The molecule has 1 aromatic heterocycles. The van der Waals surface area contributed by atoms with E-state index in [-0.39, 0.29) is 5.56 Å². The normalized spacial score (nSPS) is 10.5. The Morgan fingerprint density at radius 2 is 2.20 bits per heavy atom. The van der Waals surface area contributed by atoms with Gasteiger partial charge in [0.05, 0.1) is 12.1 Å². The molecule has 1 heterocycles. The van der Waals surface area contributed by atoms with Crippen LogP contribution in [-0.4, -0.2) is 11.6 Å². The van der Waals surface area contributed by atoms with Crippen molar-refractivity contribution in [3.8, 4) is 5.75 Å². The zero-order valence-electron chi connectivity index (χ0n) is 8.83. The summed E-state index contributed by atoms with van der Waals surface area (Å²) in [4.78, 5) is 14.2. The monoisotopic (exact) mass is 203 g/mol. The van der Waals surface area contributed by atoms with Crippen LogP contribution in [0.4, 0.5) is 0 Å². The lowest BCUT2D eigenvalue weighted by atomic mass is 10.1.